The first-order valence-corrected chi connectivity index (χ1v) is 7.91. The highest BCUT2D eigenvalue weighted by Gasteiger charge is 2.43. The number of hydrogen-bond acceptors (Lipinski definition) is 3. The van der Waals surface area contributed by atoms with Crippen molar-refractivity contribution in [3.05, 3.63) is 0 Å². The Morgan fingerprint density at radius 1 is 1.11 bits per heavy atom. The maximum absolute atomic E-state index is 9.41. The maximum atomic E-state index is 9.41. The van der Waals surface area contributed by atoms with Crippen LogP contribution in [0.15, 0.2) is 0 Å². The summed E-state index contributed by atoms with van der Waals surface area (Å²) in [6, 6.07) is 1.45. The molecule has 104 valence electrons. The van der Waals surface area contributed by atoms with Crippen molar-refractivity contribution in [2.75, 3.05) is 19.7 Å². The van der Waals surface area contributed by atoms with Crippen molar-refractivity contribution in [1.82, 2.24) is 10.6 Å². The summed E-state index contributed by atoms with van der Waals surface area (Å²) < 4.78 is 0. The van der Waals surface area contributed by atoms with E-state index in [9.17, 15) is 5.11 Å². The molecule has 3 nitrogen and oxygen atoms in total. The van der Waals surface area contributed by atoms with E-state index in [1.165, 1.54) is 57.9 Å². The van der Waals surface area contributed by atoms with Crippen LogP contribution in [0.5, 0.6) is 0 Å². The zero-order valence-electron chi connectivity index (χ0n) is 11.5. The van der Waals surface area contributed by atoms with Crippen molar-refractivity contribution in [1.29, 1.82) is 0 Å². The molecule has 18 heavy (non-hydrogen) atoms. The molecule has 1 heterocycles. The minimum absolute atomic E-state index is 0.255. The Morgan fingerprint density at radius 2 is 1.94 bits per heavy atom. The van der Waals surface area contributed by atoms with Crippen LogP contribution in [0.4, 0.5) is 0 Å². The molecule has 0 amide bonds. The fraction of sp³-hybridized carbons (Fsp3) is 1.00. The highest BCUT2D eigenvalue weighted by Crippen LogP contribution is 2.44. The van der Waals surface area contributed by atoms with E-state index < -0.39 is 0 Å². The third kappa shape index (κ3) is 2.73. The normalized spacial score (nSPS) is 38.8. The third-order valence-corrected chi connectivity index (χ3v) is 5.47. The standard InChI is InChI=1S/C15H28N2O/c18-11-15(7-8-15)10-17-14-5-2-1-4-12(14)13-6-3-9-16-13/h12-14,16-18H,1-11H2. The molecule has 3 fully saturated rings. The Bertz CT molecular complexity index is 272. The number of nitrogens with one attached hydrogen (secondary N) is 2. The van der Waals surface area contributed by atoms with Crippen LogP contribution in [-0.2, 0) is 0 Å². The maximum Gasteiger partial charge on any atom is 0.0499 e. The van der Waals surface area contributed by atoms with Gasteiger partial charge < -0.3 is 15.7 Å². The van der Waals surface area contributed by atoms with Crippen LogP contribution >= 0.6 is 0 Å². The van der Waals surface area contributed by atoms with Crippen molar-refractivity contribution in [2.24, 2.45) is 11.3 Å². The summed E-state index contributed by atoms with van der Waals surface area (Å²) in [6.07, 6.45) is 10.7. The van der Waals surface area contributed by atoms with Gasteiger partial charge in [0.1, 0.15) is 0 Å². The molecule has 0 aromatic heterocycles. The summed E-state index contributed by atoms with van der Waals surface area (Å²) in [5.41, 5.74) is 0.255. The molecule has 2 aliphatic carbocycles. The largest absolute Gasteiger partial charge is 0.396 e. The second-order valence-corrected chi connectivity index (χ2v) is 6.80. The molecule has 1 saturated heterocycles. The van der Waals surface area contributed by atoms with Gasteiger partial charge in [-0.2, -0.15) is 0 Å². The summed E-state index contributed by atoms with van der Waals surface area (Å²) >= 11 is 0. The van der Waals surface area contributed by atoms with E-state index in [2.05, 4.69) is 10.6 Å². The zero-order chi connectivity index (χ0) is 12.4. The van der Waals surface area contributed by atoms with Crippen LogP contribution in [0.3, 0.4) is 0 Å². The molecular formula is C15H28N2O. The van der Waals surface area contributed by atoms with E-state index >= 15 is 0 Å². The van der Waals surface area contributed by atoms with Crippen LogP contribution in [-0.4, -0.2) is 36.9 Å². The Balaban J connectivity index is 1.54. The number of hydrogen-bond donors (Lipinski definition) is 3. The van der Waals surface area contributed by atoms with Crippen LogP contribution < -0.4 is 10.6 Å². The first-order valence-electron chi connectivity index (χ1n) is 7.91. The Labute approximate surface area is 111 Å². The lowest BCUT2D eigenvalue weighted by atomic mass is 9.79. The van der Waals surface area contributed by atoms with Crippen LogP contribution in [0.2, 0.25) is 0 Å². The molecule has 3 aliphatic rings. The van der Waals surface area contributed by atoms with Crippen molar-refractivity contribution >= 4 is 0 Å². The molecule has 0 aromatic carbocycles. The van der Waals surface area contributed by atoms with Gasteiger partial charge in [0.15, 0.2) is 0 Å². The van der Waals surface area contributed by atoms with Gasteiger partial charge in [0, 0.05) is 30.7 Å². The number of aliphatic hydroxyl groups excluding tert-OH is 1. The van der Waals surface area contributed by atoms with Gasteiger partial charge in [-0.25, -0.2) is 0 Å². The van der Waals surface area contributed by atoms with Gasteiger partial charge in [-0.15, -0.1) is 0 Å². The van der Waals surface area contributed by atoms with Gasteiger partial charge in [-0.3, -0.25) is 0 Å². The van der Waals surface area contributed by atoms with Crippen molar-refractivity contribution < 1.29 is 5.11 Å². The molecule has 3 atom stereocenters. The monoisotopic (exact) mass is 252 g/mol. The zero-order valence-corrected chi connectivity index (χ0v) is 11.5. The van der Waals surface area contributed by atoms with Gasteiger partial charge in [-0.05, 0) is 51.0 Å². The average molecular weight is 252 g/mol. The minimum atomic E-state index is 0.255. The molecular weight excluding hydrogens is 224 g/mol. The summed E-state index contributed by atoms with van der Waals surface area (Å²) in [7, 11) is 0. The Kier molecular flexibility index (Phi) is 3.92. The van der Waals surface area contributed by atoms with E-state index in [1.807, 2.05) is 0 Å². The van der Waals surface area contributed by atoms with Crippen molar-refractivity contribution in [3.63, 3.8) is 0 Å². The molecule has 0 bridgehead atoms. The summed E-state index contributed by atoms with van der Waals surface area (Å²) in [5, 5.41) is 16.9. The van der Waals surface area contributed by atoms with Gasteiger partial charge in [0.25, 0.3) is 0 Å². The number of aliphatic hydroxyl groups is 1. The highest BCUT2D eigenvalue weighted by atomic mass is 16.3. The molecule has 1 aliphatic heterocycles. The summed E-state index contributed by atoms with van der Waals surface area (Å²) in [6.45, 7) is 2.63. The van der Waals surface area contributed by atoms with Crippen LogP contribution in [0.1, 0.15) is 51.4 Å². The fourth-order valence-corrected chi connectivity index (χ4v) is 3.89. The smallest absolute Gasteiger partial charge is 0.0499 e. The quantitative estimate of drug-likeness (QED) is 0.697. The van der Waals surface area contributed by atoms with Crippen LogP contribution in [0.25, 0.3) is 0 Å². The average Bonchev–Trinajstić information content (AvgIpc) is 3.00. The molecule has 3 heteroatoms. The lowest BCUT2D eigenvalue weighted by Gasteiger charge is -2.37. The lowest BCUT2D eigenvalue weighted by Crippen LogP contribution is -2.48. The van der Waals surface area contributed by atoms with Gasteiger partial charge in [0.05, 0.1) is 0 Å². The predicted octanol–water partition coefficient (Wildman–Crippen LogP) is 1.66. The lowest BCUT2D eigenvalue weighted by molar-refractivity contribution is 0.173. The minimum Gasteiger partial charge on any atom is -0.396 e. The van der Waals surface area contributed by atoms with E-state index in [-0.39, 0.29) is 5.41 Å². The van der Waals surface area contributed by atoms with Gasteiger partial charge in [0.2, 0.25) is 0 Å². The van der Waals surface area contributed by atoms with Gasteiger partial charge >= 0.3 is 0 Å². The third-order valence-electron chi connectivity index (χ3n) is 5.47. The topological polar surface area (TPSA) is 44.3 Å². The van der Waals surface area contributed by atoms with Crippen molar-refractivity contribution in [3.8, 4) is 0 Å². The second-order valence-electron chi connectivity index (χ2n) is 6.80. The Morgan fingerprint density at radius 3 is 2.61 bits per heavy atom. The molecule has 2 saturated carbocycles. The molecule has 0 aromatic rings. The predicted molar refractivity (Wildman–Crippen MR) is 73.5 cm³/mol. The fourth-order valence-electron chi connectivity index (χ4n) is 3.89. The van der Waals surface area contributed by atoms with E-state index in [0.717, 1.165) is 18.5 Å². The van der Waals surface area contributed by atoms with Gasteiger partial charge in [-0.1, -0.05) is 12.8 Å². The first kappa shape index (κ1) is 12.9. The highest BCUT2D eigenvalue weighted by molar-refractivity contribution is 4.97. The number of rotatable bonds is 5. The molecule has 3 unspecified atom stereocenters. The molecule has 3 N–H and O–H groups in total. The Hall–Kier alpha value is -0.120. The SMILES string of the molecule is OCC1(CNC2CCCCC2C2CCCN2)CC1. The van der Waals surface area contributed by atoms with E-state index in [1.54, 1.807) is 0 Å². The van der Waals surface area contributed by atoms with Crippen LogP contribution in [0, 0.1) is 11.3 Å². The van der Waals surface area contributed by atoms with E-state index in [4.69, 9.17) is 0 Å². The van der Waals surface area contributed by atoms with E-state index in [0.29, 0.717) is 12.6 Å². The summed E-state index contributed by atoms with van der Waals surface area (Å²) in [5.74, 6) is 0.829. The molecule has 0 radical (unpaired) electrons. The van der Waals surface area contributed by atoms with Crippen molar-refractivity contribution in [2.45, 2.75) is 63.5 Å². The molecule has 3 rings (SSSR count). The first-order chi connectivity index (χ1) is 8.83. The second kappa shape index (κ2) is 5.48. The summed E-state index contributed by atoms with van der Waals surface area (Å²) in [4.78, 5) is 0. The molecule has 0 spiro atoms.